The average Bonchev–Trinajstić information content (AvgIpc) is 2.62. The molecule has 0 bridgehead atoms. The van der Waals surface area contributed by atoms with E-state index in [1.54, 1.807) is 18.2 Å². The molecular weight excluding hydrogens is 304 g/mol. The normalized spacial score (nSPS) is 16.1. The van der Waals surface area contributed by atoms with E-state index in [1.165, 1.54) is 25.3 Å². The fourth-order valence-corrected chi connectivity index (χ4v) is 3.05. The first-order valence-electron chi connectivity index (χ1n) is 7.57. The van der Waals surface area contributed by atoms with Gasteiger partial charge in [-0.25, -0.2) is 0 Å². The smallest absolute Gasteiger partial charge is 0.193 e. The monoisotopic (exact) mass is 318 g/mol. The molecule has 1 aromatic heterocycles. The van der Waals surface area contributed by atoms with Gasteiger partial charge in [-0.2, -0.15) is 0 Å². The maximum Gasteiger partial charge on any atom is 0.193 e. The van der Waals surface area contributed by atoms with Crippen LogP contribution in [0.4, 0.5) is 0 Å². The van der Waals surface area contributed by atoms with Crippen LogP contribution in [0, 0.1) is 0 Å². The molecule has 0 saturated heterocycles. The predicted molar refractivity (Wildman–Crippen MR) is 92.0 cm³/mol. The summed E-state index contributed by atoms with van der Waals surface area (Å²) in [7, 11) is 1.51. The fourth-order valence-electron chi connectivity index (χ4n) is 3.05. The maximum atomic E-state index is 12.7. The Labute approximate surface area is 137 Å². The molecule has 0 N–H and O–H groups in total. The summed E-state index contributed by atoms with van der Waals surface area (Å²) in [6.07, 6.45) is 6.02. The van der Waals surface area contributed by atoms with Crippen LogP contribution in [-0.4, -0.2) is 12.9 Å². The van der Waals surface area contributed by atoms with Crippen molar-refractivity contribution in [2.45, 2.75) is 5.60 Å². The summed E-state index contributed by atoms with van der Waals surface area (Å²) in [5.41, 5.74) is -0.697. The molecule has 1 heterocycles. The van der Waals surface area contributed by atoms with Gasteiger partial charge in [-0.05, 0) is 41.1 Å². The molecule has 0 fully saturated rings. The van der Waals surface area contributed by atoms with Crippen molar-refractivity contribution in [3.05, 3.63) is 82.8 Å². The van der Waals surface area contributed by atoms with Crippen LogP contribution in [0.5, 0.6) is 0 Å². The lowest BCUT2D eigenvalue weighted by atomic mass is 9.93. The van der Waals surface area contributed by atoms with Gasteiger partial charge in [0.15, 0.2) is 16.8 Å². The van der Waals surface area contributed by atoms with Crippen molar-refractivity contribution in [3.63, 3.8) is 0 Å². The van der Waals surface area contributed by atoms with E-state index in [2.05, 4.69) is 0 Å². The van der Waals surface area contributed by atoms with E-state index in [9.17, 15) is 9.59 Å². The summed E-state index contributed by atoms with van der Waals surface area (Å²) in [6.45, 7) is 0. The maximum absolute atomic E-state index is 12.7. The van der Waals surface area contributed by atoms with Gasteiger partial charge in [-0.1, -0.05) is 30.3 Å². The minimum Gasteiger partial charge on any atom is -0.457 e. The summed E-state index contributed by atoms with van der Waals surface area (Å²) >= 11 is 0. The molecule has 0 aliphatic heterocycles. The number of rotatable bonds is 2. The summed E-state index contributed by atoms with van der Waals surface area (Å²) in [5, 5.41) is 2.38. The Bertz CT molecular complexity index is 1070. The highest BCUT2D eigenvalue weighted by Crippen LogP contribution is 2.33. The number of methoxy groups -OCH3 is 1. The van der Waals surface area contributed by atoms with Gasteiger partial charge in [-0.3, -0.25) is 9.59 Å². The van der Waals surface area contributed by atoms with Gasteiger partial charge in [0, 0.05) is 13.2 Å². The average molecular weight is 318 g/mol. The Hall–Kier alpha value is -2.98. The molecule has 4 nitrogen and oxygen atoms in total. The van der Waals surface area contributed by atoms with Crippen LogP contribution >= 0.6 is 0 Å². The van der Waals surface area contributed by atoms with E-state index in [0.29, 0.717) is 16.7 Å². The highest BCUT2D eigenvalue weighted by Gasteiger charge is 2.32. The van der Waals surface area contributed by atoms with E-state index in [4.69, 9.17) is 9.15 Å². The molecule has 0 saturated carbocycles. The minimum absolute atomic E-state index is 0.128. The van der Waals surface area contributed by atoms with Crippen molar-refractivity contribution in [3.8, 4) is 0 Å². The van der Waals surface area contributed by atoms with E-state index >= 15 is 0 Å². The van der Waals surface area contributed by atoms with Gasteiger partial charge in [0.1, 0.15) is 11.3 Å². The molecule has 24 heavy (non-hydrogen) atoms. The second kappa shape index (κ2) is 5.28. The van der Waals surface area contributed by atoms with Gasteiger partial charge in [0.05, 0.1) is 5.39 Å². The molecule has 118 valence electrons. The predicted octanol–water partition coefficient (Wildman–Crippen LogP) is 3.48. The molecule has 0 spiro atoms. The van der Waals surface area contributed by atoms with Crippen LogP contribution < -0.4 is 5.43 Å². The zero-order valence-electron chi connectivity index (χ0n) is 13.0. The largest absolute Gasteiger partial charge is 0.457 e. The standard InChI is InChI=1S/C20H14O4/c1-23-20(10-8-14(21)9-11-20)18-12-16(22)19-15-5-3-2-4-13(15)6-7-17(19)24-18/h2-12H,1H3. The molecule has 0 unspecified atom stereocenters. The second-order valence-electron chi connectivity index (χ2n) is 5.70. The Balaban J connectivity index is 2.01. The van der Waals surface area contributed by atoms with E-state index in [1.807, 2.05) is 30.3 Å². The van der Waals surface area contributed by atoms with Crippen LogP contribution in [0.3, 0.4) is 0 Å². The summed E-state index contributed by atoms with van der Waals surface area (Å²) in [6, 6.07) is 12.8. The van der Waals surface area contributed by atoms with Crippen LogP contribution in [-0.2, 0) is 15.1 Å². The first-order valence-corrected chi connectivity index (χ1v) is 7.57. The molecule has 4 heteroatoms. The molecule has 2 aromatic carbocycles. The number of ketones is 1. The second-order valence-corrected chi connectivity index (χ2v) is 5.70. The number of carbonyl (C=O) groups excluding carboxylic acids is 1. The molecule has 0 radical (unpaired) electrons. The van der Waals surface area contributed by atoms with Crippen LogP contribution in [0.15, 0.2) is 76.0 Å². The van der Waals surface area contributed by atoms with Gasteiger partial charge in [0.25, 0.3) is 0 Å². The Morgan fingerprint density at radius 3 is 2.50 bits per heavy atom. The summed E-state index contributed by atoms with van der Waals surface area (Å²) in [5.74, 6) is 0.217. The molecule has 4 rings (SSSR count). The first-order chi connectivity index (χ1) is 11.6. The lowest BCUT2D eigenvalue weighted by Crippen LogP contribution is -2.27. The number of hydrogen-bond acceptors (Lipinski definition) is 4. The lowest BCUT2D eigenvalue weighted by Gasteiger charge is -2.26. The molecule has 0 atom stereocenters. The minimum atomic E-state index is -1.05. The Kier molecular flexibility index (Phi) is 3.22. The van der Waals surface area contributed by atoms with Crippen molar-refractivity contribution < 1.29 is 13.9 Å². The van der Waals surface area contributed by atoms with E-state index < -0.39 is 5.60 Å². The Morgan fingerprint density at radius 1 is 1.00 bits per heavy atom. The zero-order valence-corrected chi connectivity index (χ0v) is 13.0. The fraction of sp³-hybridized carbons (Fsp3) is 0.100. The van der Waals surface area contributed by atoms with Gasteiger partial charge in [0.2, 0.25) is 0 Å². The van der Waals surface area contributed by atoms with Crippen LogP contribution in [0.25, 0.3) is 21.7 Å². The third-order valence-corrected chi connectivity index (χ3v) is 4.33. The Morgan fingerprint density at radius 2 is 1.75 bits per heavy atom. The first kappa shape index (κ1) is 14.6. The van der Waals surface area contributed by atoms with Gasteiger partial charge < -0.3 is 9.15 Å². The number of allylic oxidation sites excluding steroid dienone is 2. The third kappa shape index (κ3) is 2.12. The van der Waals surface area contributed by atoms with Gasteiger partial charge in [-0.15, -0.1) is 0 Å². The molecule has 1 aliphatic rings. The van der Waals surface area contributed by atoms with Crippen LogP contribution in [0.1, 0.15) is 5.76 Å². The topological polar surface area (TPSA) is 56.5 Å². The third-order valence-electron chi connectivity index (χ3n) is 4.33. The number of benzene rings is 2. The molecular formula is C20H14O4. The highest BCUT2D eigenvalue weighted by atomic mass is 16.5. The van der Waals surface area contributed by atoms with Crippen molar-refractivity contribution >= 4 is 27.5 Å². The SMILES string of the molecule is COC1(c2cc(=O)c3c(ccc4ccccc43)o2)C=CC(=O)C=C1. The van der Waals surface area contributed by atoms with Crippen molar-refractivity contribution in [2.24, 2.45) is 0 Å². The number of hydrogen-bond donors (Lipinski definition) is 0. The van der Waals surface area contributed by atoms with Gasteiger partial charge >= 0.3 is 0 Å². The van der Waals surface area contributed by atoms with Crippen molar-refractivity contribution in [1.82, 2.24) is 0 Å². The van der Waals surface area contributed by atoms with Crippen molar-refractivity contribution in [2.75, 3.05) is 7.11 Å². The quantitative estimate of drug-likeness (QED) is 0.679. The van der Waals surface area contributed by atoms with Crippen LogP contribution in [0.2, 0.25) is 0 Å². The van der Waals surface area contributed by atoms with E-state index in [-0.39, 0.29) is 11.2 Å². The highest BCUT2D eigenvalue weighted by molar-refractivity contribution is 6.05. The van der Waals surface area contributed by atoms with Crippen molar-refractivity contribution in [1.29, 1.82) is 0 Å². The van der Waals surface area contributed by atoms with E-state index in [0.717, 1.165) is 10.8 Å². The molecule has 3 aromatic rings. The summed E-state index contributed by atoms with van der Waals surface area (Å²) < 4.78 is 11.5. The zero-order chi connectivity index (χ0) is 16.7. The lowest BCUT2D eigenvalue weighted by molar-refractivity contribution is -0.110. The number of ether oxygens (including phenoxy) is 1. The summed E-state index contributed by atoms with van der Waals surface area (Å²) in [4.78, 5) is 24.2. The number of carbonyl (C=O) groups is 1. The molecule has 1 aliphatic carbocycles. The molecule has 0 amide bonds. The number of fused-ring (bicyclic) bond motifs is 3.